The van der Waals surface area contributed by atoms with Gasteiger partial charge in [0.1, 0.15) is 11.4 Å². The van der Waals surface area contributed by atoms with Gasteiger partial charge in [-0.15, -0.1) is 0 Å². The molecule has 8 heteroatoms. The summed E-state index contributed by atoms with van der Waals surface area (Å²) in [5.74, 6) is 0.625. The lowest BCUT2D eigenvalue weighted by Crippen LogP contribution is -2.28. The summed E-state index contributed by atoms with van der Waals surface area (Å²) in [5, 5.41) is 6.35. The van der Waals surface area contributed by atoms with E-state index in [0.717, 1.165) is 12.0 Å². The number of aromatic nitrogens is 1. The number of carbonyl (C=O) groups is 2. The summed E-state index contributed by atoms with van der Waals surface area (Å²) in [7, 11) is 0. The van der Waals surface area contributed by atoms with Crippen LogP contribution in [-0.4, -0.2) is 29.2 Å². The topological polar surface area (TPSA) is 99.9 Å². The second-order valence-electron chi connectivity index (χ2n) is 8.16. The summed E-state index contributed by atoms with van der Waals surface area (Å²) in [6, 6.07) is 15.9. The smallest absolute Gasteiger partial charge is 0.345 e. The number of benzene rings is 2. The van der Waals surface area contributed by atoms with E-state index in [1.165, 1.54) is 0 Å². The lowest BCUT2D eigenvalue weighted by atomic mass is 10.0. The Labute approximate surface area is 185 Å². The van der Waals surface area contributed by atoms with E-state index in [1.807, 2.05) is 32.0 Å². The molecule has 0 saturated heterocycles. The molecule has 166 valence electrons. The van der Waals surface area contributed by atoms with Crippen LogP contribution in [0.15, 0.2) is 59.1 Å². The highest BCUT2D eigenvalue weighted by molar-refractivity contribution is 5.95. The van der Waals surface area contributed by atoms with Gasteiger partial charge in [-0.3, -0.25) is 4.79 Å². The Morgan fingerprint density at radius 2 is 1.94 bits per heavy atom. The first-order valence-electron chi connectivity index (χ1n) is 10.2. The van der Waals surface area contributed by atoms with Crippen molar-refractivity contribution in [1.29, 1.82) is 0 Å². The molecule has 0 spiro atoms. The van der Waals surface area contributed by atoms with E-state index in [1.54, 1.807) is 43.3 Å². The molecule has 8 nitrogen and oxygen atoms in total. The molecule has 2 aromatic carbocycles. The Hall–Kier alpha value is -3.81. The van der Waals surface area contributed by atoms with E-state index in [4.69, 9.17) is 18.7 Å². The number of nitrogens with one attached hydrogen (secondary N) is 1. The number of esters is 1. The molecule has 1 aliphatic rings. The molecule has 0 aliphatic carbocycles. The number of carbonyl (C=O) groups excluding carboxylic acids is 2. The van der Waals surface area contributed by atoms with Crippen molar-refractivity contribution in [2.24, 2.45) is 0 Å². The van der Waals surface area contributed by atoms with Crippen molar-refractivity contribution in [3.63, 3.8) is 0 Å². The summed E-state index contributed by atoms with van der Waals surface area (Å²) in [5.41, 5.74) is 1.20. The van der Waals surface area contributed by atoms with Crippen LogP contribution < -0.4 is 14.8 Å². The number of hydrogen-bond acceptors (Lipinski definition) is 7. The number of nitrogens with zero attached hydrogens (tertiary/aromatic N) is 1. The first-order chi connectivity index (χ1) is 15.3. The van der Waals surface area contributed by atoms with Crippen LogP contribution in [0.3, 0.4) is 0 Å². The molecular formula is C24H24N2O6. The third-order valence-corrected chi connectivity index (χ3v) is 4.87. The maximum Gasteiger partial charge on any atom is 0.345 e. The highest BCUT2D eigenvalue weighted by Crippen LogP contribution is 2.41. The molecule has 0 radical (unpaired) electrons. The van der Waals surface area contributed by atoms with Crippen molar-refractivity contribution in [2.45, 2.75) is 38.9 Å². The van der Waals surface area contributed by atoms with Gasteiger partial charge in [-0.25, -0.2) is 4.79 Å². The number of hydrogen-bond donors (Lipinski definition) is 1. The van der Waals surface area contributed by atoms with E-state index >= 15 is 0 Å². The first-order valence-corrected chi connectivity index (χ1v) is 10.2. The molecule has 1 amide bonds. The van der Waals surface area contributed by atoms with Crippen molar-refractivity contribution in [3.8, 4) is 11.5 Å². The fourth-order valence-electron chi connectivity index (χ4n) is 3.52. The van der Waals surface area contributed by atoms with Crippen molar-refractivity contribution >= 4 is 17.7 Å². The Kier molecular flexibility index (Phi) is 5.85. The summed E-state index contributed by atoms with van der Waals surface area (Å²) >= 11 is 0. The third-order valence-electron chi connectivity index (χ3n) is 4.87. The summed E-state index contributed by atoms with van der Waals surface area (Å²) in [6.07, 6.45) is -0.428. The lowest BCUT2D eigenvalue weighted by Gasteiger charge is -2.19. The maximum atomic E-state index is 12.8. The highest BCUT2D eigenvalue weighted by Gasteiger charge is 2.32. The van der Waals surface area contributed by atoms with E-state index in [9.17, 15) is 9.59 Å². The van der Waals surface area contributed by atoms with Gasteiger partial charge in [-0.2, -0.15) is 0 Å². The number of amides is 1. The molecule has 4 rings (SSSR count). The largest absolute Gasteiger partial charge is 0.483 e. The van der Waals surface area contributed by atoms with Gasteiger partial charge in [0, 0.05) is 23.6 Å². The quantitative estimate of drug-likeness (QED) is 0.559. The van der Waals surface area contributed by atoms with E-state index < -0.39 is 18.0 Å². The zero-order chi connectivity index (χ0) is 22.7. The van der Waals surface area contributed by atoms with Gasteiger partial charge >= 0.3 is 5.97 Å². The number of rotatable bonds is 7. The molecule has 1 aromatic heterocycles. The molecule has 1 N–H and O–H groups in total. The molecule has 0 bridgehead atoms. The Morgan fingerprint density at radius 3 is 2.66 bits per heavy atom. The molecule has 2 heterocycles. The van der Waals surface area contributed by atoms with Gasteiger partial charge in [0.25, 0.3) is 5.91 Å². The second-order valence-corrected chi connectivity index (χ2v) is 8.16. The molecule has 3 aromatic rings. The molecule has 0 saturated carbocycles. The van der Waals surface area contributed by atoms with Crippen LogP contribution in [0.1, 0.15) is 36.8 Å². The molecular weight excluding hydrogens is 412 g/mol. The van der Waals surface area contributed by atoms with Gasteiger partial charge in [-0.1, -0.05) is 47.6 Å². The van der Waals surface area contributed by atoms with Gasteiger partial charge in [0.15, 0.2) is 23.9 Å². The molecule has 1 atom stereocenters. The minimum Gasteiger partial charge on any atom is -0.483 e. The lowest BCUT2D eigenvalue weighted by molar-refractivity contribution is -0.156. The Morgan fingerprint density at radius 1 is 1.16 bits per heavy atom. The van der Waals surface area contributed by atoms with Gasteiger partial charge < -0.3 is 24.1 Å². The zero-order valence-electron chi connectivity index (χ0n) is 18.1. The second kappa shape index (κ2) is 8.74. The van der Waals surface area contributed by atoms with Crippen molar-refractivity contribution in [3.05, 3.63) is 71.5 Å². The van der Waals surface area contributed by atoms with Crippen molar-refractivity contribution in [1.82, 2.24) is 5.16 Å². The highest BCUT2D eigenvalue weighted by atomic mass is 16.6. The number of aryl methyl sites for hydroxylation is 1. The van der Waals surface area contributed by atoms with Gasteiger partial charge in [0.2, 0.25) is 6.10 Å². The van der Waals surface area contributed by atoms with Crippen molar-refractivity contribution in [2.75, 3.05) is 11.9 Å². The van der Waals surface area contributed by atoms with Crippen LogP contribution in [-0.2, 0) is 20.7 Å². The zero-order valence-corrected chi connectivity index (χ0v) is 18.1. The molecule has 32 heavy (non-hydrogen) atoms. The first kappa shape index (κ1) is 21.4. The summed E-state index contributed by atoms with van der Waals surface area (Å²) < 4.78 is 22.1. The van der Waals surface area contributed by atoms with Crippen LogP contribution in [0.4, 0.5) is 5.82 Å². The normalized spacial score (nSPS) is 14.7. The van der Waals surface area contributed by atoms with E-state index in [0.29, 0.717) is 22.8 Å². The predicted molar refractivity (Wildman–Crippen MR) is 115 cm³/mol. The number of fused-ring (bicyclic) bond motifs is 1. The van der Waals surface area contributed by atoms with Gasteiger partial charge in [0.05, 0.1) is 0 Å². The fraction of sp³-hybridized carbons (Fsp3) is 0.292. The standard InChI is InChI=1S/C24H24N2O6/c1-15-12-19(26-32-15)25-23(28)22(16-8-5-4-6-9-16)30-20(27)14-29-18-11-7-10-17-13-24(2,3)31-21(17)18/h4-12,22H,13-14H2,1-3H3,(H,25,26,28). The molecule has 1 unspecified atom stereocenters. The summed E-state index contributed by atoms with van der Waals surface area (Å²) in [6.45, 7) is 5.31. The predicted octanol–water partition coefficient (Wildman–Crippen LogP) is 4.00. The SMILES string of the molecule is Cc1cc(NC(=O)C(OC(=O)COc2cccc3c2OC(C)(C)C3)c2ccccc2)no1. The average Bonchev–Trinajstić information content (AvgIpc) is 3.31. The van der Waals surface area contributed by atoms with Crippen LogP contribution in [0.2, 0.25) is 0 Å². The summed E-state index contributed by atoms with van der Waals surface area (Å²) in [4.78, 5) is 25.4. The van der Waals surface area contributed by atoms with E-state index in [2.05, 4.69) is 10.5 Å². The van der Waals surface area contributed by atoms with E-state index in [-0.39, 0.29) is 18.0 Å². The molecule has 0 fully saturated rings. The Bertz CT molecular complexity index is 1120. The number of anilines is 1. The van der Waals surface area contributed by atoms with Crippen LogP contribution in [0.5, 0.6) is 11.5 Å². The van der Waals surface area contributed by atoms with Crippen LogP contribution >= 0.6 is 0 Å². The minimum absolute atomic E-state index is 0.236. The average molecular weight is 436 g/mol. The van der Waals surface area contributed by atoms with Crippen LogP contribution in [0, 0.1) is 6.92 Å². The maximum absolute atomic E-state index is 12.8. The minimum atomic E-state index is -1.18. The third kappa shape index (κ3) is 4.91. The monoisotopic (exact) mass is 436 g/mol. The Balaban J connectivity index is 1.44. The fourth-order valence-corrected chi connectivity index (χ4v) is 3.52. The number of ether oxygens (including phenoxy) is 3. The van der Waals surface area contributed by atoms with Gasteiger partial charge in [-0.05, 0) is 26.8 Å². The number of para-hydroxylation sites is 1. The van der Waals surface area contributed by atoms with Crippen LogP contribution in [0.25, 0.3) is 0 Å². The van der Waals surface area contributed by atoms with Crippen molar-refractivity contribution < 1.29 is 28.3 Å². The molecule has 1 aliphatic heterocycles.